The Morgan fingerprint density at radius 1 is 1.24 bits per heavy atom. The molecule has 0 atom stereocenters. The summed E-state index contributed by atoms with van der Waals surface area (Å²) in [5.74, 6) is -1.40. The molecule has 1 aromatic rings. The zero-order valence-electron chi connectivity index (χ0n) is 8.91. The number of hydrogen-bond donors (Lipinski definition) is 2. The highest BCUT2D eigenvalue weighted by atomic mass is 32.2. The summed E-state index contributed by atoms with van der Waals surface area (Å²) in [5.41, 5.74) is 0. The molecular formula is C11H12O5S. The zero-order valence-corrected chi connectivity index (χ0v) is 9.72. The maximum Gasteiger partial charge on any atom is 0.325 e. The fourth-order valence-electron chi connectivity index (χ4n) is 2.04. The Hall–Kier alpha value is -1.40. The summed E-state index contributed by atoms with van der Waals surface area (Å²) in [6.45, 7) is 0. The summed E-state index contributed by atoms with van der Waals surface area (Å²) in [4.78, 5) is 11.2. The Kier molecular flexibility index (Phi) is 2.71. The first-order chi connectivity index (χ1) is 7.90. The molecule has 0 heterocycles. The van der Waals surface area contributed by atoms with E-state index in [1.54, 1.807) is 6.07 Å². The SMILES string of the molecule is O=C(O)C1(S(=O)(=O)c2ccccc2)CC(O)C1. The lowest BCUT2D eigenvalue weighted by Crippen LogP contribution is -2.58. The van der Waals surface area contributed by atoms with Crippen LogP contribution < -0.4 is 0 Å². The van der Waals surface area contributed by atoms with E-state index in [0.29, 0.717) is 0 Å². The van der Waals surface area contributed by atoms with Crippen LogP contribution in [-0.2, 0) is 14.6 Å². The van der Waals surface area contributed by atoms with Gasteiger partial charge in [0.05, 0.1) is 11.0 Å². The van der Waals surface area contributed by atoms with Gasteiger partial charge in [0.2, 0.25) is 0 Å². The number of carboxylic acids is 1. The van der Waals surface area contributed by atoms with Crippen molar-refractivity contribution < 1.29 is 23.4 Å². The zero-order chi connectivity index (χ0) is 12.7. The van der Waals surface area contributed by atoms with Crippen molar-refractivity contribution in [2.45, 2.75) is 28.6 Å². The van der Waals surface area contributed by atoms with Crippen LogP contribution in [0.4, 0.5) is 0 Å². The molecule has 2 rings (SSSR count). The molecular weight excluding hydrogens is 244 g/mol. The van der Waals surface area contributed by atoms with E-state index >= 15 is 0 Å². The minimum absolute atomic E-state index is 0.0192. The van der Waals surface area contributed by atoms with Crippen LogP contribution in [0.2, 0.25) is 0 Å². The third kappa shape index (κ3) is 1.64. The van der Waals surface area contributed by atoms with Gasteiger partial charge in [-0.3, -0.25) is 4.79 Å². The molecule has 0 radical (unpaired) electrons. The fourth-order valence-corrected chi connectivity index (χ4v) is 4.06. The average Bonchev–Trinajstić information content (AvgIpc) is 2.25. The van der Waals surface area contributed by atoms with Crippen molar-refractivity contribution in [3.8, 4) is 0 Å². The van der Waals surface area contributed by atoms with Gasteiger partial charge in [-0.2, -0.15) is 0 Å². The number of benzene rings is 1. The van der Waals surface area contributed by atoms with Gasteiger partial charge in [-0.1, -0.05) is 18.2 Å². The number of aliphatic hydroxyl groups excluding tert-OH is 1. The fraction of sp³-hybridized carbons (Fsp3) is 0.364. The Balaban J connectivity index is 2.49. The quantitative estimate of drug-likeness (QED) is 0.818. The average molecular weight is 256 g/mol. The van der Waals surface area contributed by atoms with E-state index < -0.39 is 26.7 Å². The van der Waals surface area contributed by atoms with Gasteiger partial charge in [0.25, 0.3) is 0 Å². The molecule has 0 aliphatic heterocycles. The van der Waals surface area contributed by atoms with Crippen molar-refractivity contribution in [2.24, 2.45) is 0 Å². The predicted molar refractivity (Wildman–Crippen MR) is 59.2 cm³/mol. The van der Waals surface area contributed by atoms with E-state index in [1.807, 2.05) is 0 Å². The van der Waals surface area contributed by atoms with Gasteiger partial charge < -0.3 is 10.2 Å². The maximum absolute atomic E-state index is 12.2. The molecule has 5 nitrogen and oxygen atoms in total. The highest BCUT2D eigenvalue weighted by molar-refractivity contribution is 7.93. The normalized spacial score (nSPS) is 28.4. The minimum Gasteiger partial charge on any atom is -0.480 e. The molecule has 1 aliphatic rings. The Morgan fingerprint density at radius 3 is 2.18 bits per heavy atom. The van der Waals surface area contributed by atoms with E-state index in [0.717, 1.165) is 0 Å². The van der Waals surface area contributed by atoms with E-state index in [-0.39, 0.29) is 17.7 Å². The summed E-state index contributed by atoms with van der Waals surface area (Å²) in [6.07, 6.45) is -1.36. The number of aliphatic carboxylic acids is 1. The molecule has 1 aliphatic carbocycles. The highest BCUT2D eigenvalue weighted by Crippen LogP contribution is 2.43. The molecule has 1 fully saturated rings. The van der Waals surface area contributed by atoms with Crippen LogP contribution in [0.3, 0.4) is 0 Å². The Morgan fingerprint density at radius 2 is 1.76 bits per heavy atom. The third-order valence-electron chi connectivity index (χ3n) is 3.09. The van der Waals surface area contributed by atoms with E-state index in [1.165, 1.54) is 24.3 Å². The lowest BCUT2D eigenvalue weighted by molar-refractivity contribution is -0.146. The third-order valence-corrected chi connectivity index (χ3v) is 5.52. The van der Waals surface area contributed by atoms with Crippen molar-refractivity contribution in [3.05, 3.63) is 30.3 Å². The molecule has 2 N–H and O–H groups in total. The van der Waals surface area contributed by atoms with E-state index in [9.17, 15) is 18.3 Å². The summed E-state index contributed by atoms with van der Waals surface area (Å²) >= 11 is 0. The summed E-state index contributed by atoms with van der Waals surface area (Å²) in [7, 11) is -3.96. The molecule has 0 bridgehead atoms. The molecule has 0 spiro atoms. The van der Waals surface area contributed by atoms with Crippen LogP contribution in [0, 0.1) is 0 Å². The maximum atomic E-state index is 12.2. The Bertz CT molecular complexity index is 528. The smallest absolute Gasteiger partial charge is 0.325 e. The predicted octanol–water partition coefficient (Wildman–Crippen LogP) is 0.438. The van der Waals surface area contributed by atoms with Crippen molar-refractivity contribution in [3.63, 3.8) is 0 Å². The number of carboxylic acid groups (broad SMARTS) is 1. The van der Waals surface area contributed by atoms with Gasteiger partial charge >= 0.3 is 5.97 Å². The van der Waals surface area contributed by atoms with Gasteiger partial charge in [0, 0.05) is 12.8 Å². The van der Waals surface area contributed by atoms with E-state index in [2.05, 4.69) is 0 Å². The van der Waals surface area contributed by atoms with Gasteiger partial charge in [-0.05, 0) is 12.1 Å². The molecule has 0 saturated heterocycles. The first kappa shape index (κ1) is 12.1. The molecule has 92 valence electrons. The van der Waals surface area contributed by atoms with Gasteiger partial charge in [0.15, 0.2) is 14.6 Å². The largest absolute Gasteiger partial charge is 0.480 e. The van der Waals surface area contributed by atoms with Crippen LogP contribution in [0.25, 0.3) is 0 Å². The molecule has 17 heavy (non-hydrogen) atoms. The van der Waals surface area contributed by atoms with Gasteiger partial charge in [-0.25, -0.2) is 8.42 Å². The second-order valence-corrected chi connectivity index (χ2v) is 6.44. The topological polar surface area (TPSA) is 91.7 Å². The number of sulfone groups is 1. The summed E-state index contributed by atoms with van der Waals surface area (Å²) < 4.78 is 22.6. The number of carbonyl (C=O) groups is 1. The first-order valence-electron chi connectivity index (χ1n) is 5.11. The first-order valence-corrected chi connectivity index (χ1v) is 6.59. The molecule has 0 aromatic heterocycles. The number of rotatable bonds is 3. The second kappa shape index (κ2) is 3.82. The van der Waals surface area contributed by atoms with Crippen LogP contribution >= 0.6 is 0 Å². The van der Waals surface area contributed by atoms with Crippen molar-refractivity contribution >= 4 is 15.8 Å². The van der Waals surface area contributed by atoms with Crippen molar-refractivity contribution in [1.82, 2.24) is 0 Å². The van der Waals surface area contributed by atoms with Crippen LogP contribution in [0.15, 0.2) is 35.2 Å². The van der Waals surface area contributed by atoms with Gasteiger partial charge in [-0.15, -0.1) is 0 Å². The Labute approximate surface area is 98.6 Å². The number of hydrogen-bond acceptors (Lipinski definition) is 4. The van der Waals surface area contributed by atoms with Gasteiger partial charge in [0.1, 0.15) is 0 Å². The lowest BCUT2D eigenvalue weighted by atomic mass is 9.81. The van der Waals surface area contributed by atoms with Crippen LogP contribution in [0.1, 0.15) is 12.8 Å². The molecule has 0 unspecified atom stereocenters. The summed E-state index contributed by atoms with van der Waals surface area (Å²) in [5, 5.41) is 18.3. The second-order valence-electron chi connectivity index (χ2n) is 4.18. The standard InChI is InChI=1S/C11H12O5S/c12-8-6-11(7-8,10(13)14)17(15,16)9-4-2-1-3-5-9/h1-5,8,12H,6-7H2,(H,13,14). The minimum atomic E-state index is -3.96. The van der Waals surface area contributed by atoms with Crippen LogP contribution in [-0.4, -0.2) is 35.5 Å². The monoisotopic (exact) mass is 256 g/mol. The molecule has 0 amide bonds. The molecule has 6 heteroatoms. The van der Waals surface area contributed by atoms with E-state index in [4.69, 9.17) is 5.11 Å². The summed E-state index contributed by atoms with van der Waals surface area (Å²) in [6, 6.07) is 7.46. The number of aliphatic hydroxyl groups is 1. The van der Waals surface area contributed by atoms with Crippen LogP contribution in [0.5, 0.6) is 0 Å². The van der Waals surface area contributed by atoms with Crippen molar-refractivity contribution in [2.75, 3.05) is 0 Å². The molecule has 1 saturated carbocycles. The lowest BCUT2D eigenvalue weighted by Gasteiger charge is -2.40. The highest BCUT2D eigenvalue weighted by Gasteiger charge is 2.60. The molecule has 1 aromatic carbocycles. The van der Waals surface area contributed by atoms with Crippen molar-refractivity contribution in [1.29, 1.82) is 0 Å².